The fourth-order valence-corrected chi connectivity index (χ4v) is 5.19. The highest BCUT2D eigenvalue weighted by atomic mass is 16.2. The lowest BCUT2D eigenvalue weighted by molar-refractivity contribution is -0.141. The Morgan fingerprint density at radius 3 is 2.45 bits per heavy atom. The molecule has 2 aromatic rings. The maximum Gasteiger partial charge on any atom is 0.254 e. The summed E-state index contributed by atoms with van der Waals surface area (Å²) in [5.41, 5.74) is 0.743. The number of hydrogen-bond acceptors (Lipinski definition) is 2. The number of hydrogen-bond donors (Lipinski definition) is 0. The fourth-order valence-electron chi connectivity index (χ4n) is 5.19. The molecule has 4 nitrogen and oxygen atoms in total. The van der Waals surface area contributed by atoms with Gasteiger partial charge in [0.1, 0.15) is 0 Å². The molecule has 1 saturated carbocycles. The van der Waals surface area contributed by atoms with E-state index in [1.54, 1.807) is 0 Å². The smallest absolute Gasteiger partial charge is 0.254 e. The van der Waals surface area contributed by atoms with Crippen LogP contribution in [0.25, 0.3) is 10.8 Å². The Kier molecular flexibility index (Phi) is 5.89. The molecule has 2 aliphatic rings. The van der Waals surface area contributed by atoms with Crippen molar-refractivity contribution in [3.05, 3.63) is 48.0 Å². The molecule has 0 N–H and O–H groups in total. The Morgan fingerprint density at radius 2 is 1.69 bits per heavy atom. The summed E-state index contributed by atoms with van der Waals surface area (Å²) in [6, 6.07) is 14.5. The summed E-state index contributed by atoms with van der Waals surface area (Å²) in [5, 5.41) is 2.07. The lowest BCUT2D eigenvalue weighted by Gasteiger charge is -2.39. The summed E-state index contributed by atoms with van der Waals surface area (Å²) in [7, 11) is 0. The van der Waals surface area contributed by atoms with E-state index >= 15 is 0 Å². The Bertz CT molecular complexity index is 880. The zero-order valence-corrected chi connectivity index (χ0v) is 17.6. The van der Waals surface area contributed by atoms with E-state index in [9.17, 15) is 9.59 Å². The molecule has 4 rings (SSSR count). The number of nitrogens with zero attached hydrogens (tertiary/aromatic N) is 2. The number of likely N-dealkylation sites (tertiary alicyclic amines) is 1. The van der Waals surface area contributed by atoms with Crippen molar-refractivity contribution in [2.75, 3.05) is 13.1 Å². The third-order valence-electron chi connectivity index (χ3n) is 6.61. The zero-order chi connectivity index (χ0) is 20.4. The van der Waals surface area contributed by atoms with Crippen LogP contribution in [-0.2, 0) is 4.79 Å². The van der Waals surface area contributed by atoms with Crippen molar-refractivity contribution in [3.63, 3.8) is 0 Å². The van der Waals surface area contributed by atoms with Gasteiger partial charge in [-0.25, -0.2) is 0 Å². The zero-order valence-electron chi connectivity index (χ0n) is 17.6. The van der Waals surface area contributed by atoms with Gasteiger partial charge in [0.2, 0.25) is 5.91 Å². The lowest BCUT2D eigenvalue weighted by Crippen LogP contribution is -2.51. The lowest BCUT2D eigenvalue weighted by atomic mass is 9.94. The molecular weight excluding hydrogens is 360 g/mol. The molecule has 2 amide bonds. The second kappa shape index (κ2) is 8.56. The summed E-state index contributed by atoms with van der Waals surface area (Å²) >= 11 is 0. The molecule has 154 valence electrons. The first-order valence-electron chi connectivity index (χ1n) is 11.2. The van der Waals surface area contributed by atoms with Crippen molar-refractivity contribution in [3.8, 4) is 0 Å². The van der Waals surface area contributed by atoms with E-state index in [1.165, 1.54) is 12.8 Å². The average Bonchev–Trinajstić information content (AvgIpc) is 3.27. The van der Waals surface area contributed by atoms with Gasteiger partial charge in [0.25, 0.3) is 5.91 Å². The van der Waals surface area contributed by atoms with Gasteiger partial charge < -0.3 is 9.80 Å². The van der Waals surface area contributed by atoms with Gasteiger partial charge in [-0.2, -0.15) is 0 Å². The molecule has 0 bridgehead atoms. The number of benzene rings is 2. The molecule has 0 spiro atoms. The quantitative estimate of drug-likeness (QED) is 0.745. The molecule has 1 saturated heterocycles. The predicted octanol–water partition coefficient (Wildman–Crippen LogP) is 4.87. The van der Waals surface area contributed by atoms with E-state index in [1.807, 2.05) is 47.4 Å². The van der Waals surface area contributed by atoms with Crippen molar-refractivity contribution < 1.29 is 9.59 Å². The maximum atomic E-state index is 13.4. The summed E-state index contributed by atoms with van der Waals surface area (Å²) in [6.45, 7) is 5.52. The number of amides is 2. The van der Waals surface area contributed by atoms with Gasteiger partial charge in [0.15, 0.2) is 0 Å². The van der Waals surface area contributed by atoms with Crippen LogP contribution < -0.4 is 0 Å². The standard InChI is InChI=1S/C25H32N2O2/c1-18(2)27(21-12-4-5-13-21)24(28)20-11-8-16-26(17-20)25(29)23-15-7-10-19-9-3-6-14-22(19)23/h3,6-7,9-10,14-15,18,20-21H,4-5,8,11-13,16-17H2,1-2H3. The van der Waals surface area contributed by atoms with Gasteiger partial charge in [-0.05, 0) is 56.4 Å². The van der Waals surface area contributed by atoms with Gasteiger partial charge >= 0.3 is 0 Å². The molecule has 4 heteroatoms. The monoisotopic (exact) mass is 392 g/mol. The van der Waals surface area contributed by atoms with Crippen molar-refractivity contribution in [2.45, 2.75) is 64.5 Å². The van der Waals surface area contributed by atoms with Crippen LogP contribution in [-0.4, -0.2) is 46.8 Å². The van der Waals surface area contributed by atoms with Crippen molar-refractivity contribution in [1.29, 1.82) is 0 Å². The first kappa shape index (κ1) is 19.9. The Hall–Kier alpha value is -2.36. The highest BCUT2D eigenvalue weighted by molar-refractivity contribution is 6.07. The summed E-state index contributed by atoms with van der Waals surface area (Å²) in [4.78, 5) is 30.8. The number of carbonyl (C=O) groups excluding carboxylic acids is 2. The molecule has 1 aliphatic heterocycles. The molecular formula is C25H32N2O2. The molecule has 1 atom stereocenters. The van der Waals surface area contributed by atoms with Crippen LogP contribution in [0.4, 0.5) is 0 Å². The topological polar surface area (TPSA) is 40.6 Å². The van der Waals surface area contributed by atoms with Gasteiger partial charge in [0.05, 0.1) is 5.92 Å². The predicted molar refractivity (Wildman–Crippen MR) is 117 cm³/mol. The van der Waals surface area contributed by atoms with E-state index < -0.39 is 0 Å². The third kappa shape index (κ3) is 4.03. The Balaban J connectivity index is 1.53. The van der Waals surface area contributed by atoms with Gasteiger partial charge in [0, 0.05) is 30.7 Å². The van der Waals surface area contributed by atoms with Crippen LogP contribution in [0.2, 0.25) is 0 Å². The van der Waals surface area contributed by atoms with Crippen LogP contribution in [0.1, 0.15) is 62.7 Å². The average molecular weight is 393 g/mol. The van der Waals surface area contributed by atoms with E-state index in [4.69, 9.17) is 0 Å². The molecule has 1 unspecified atom stereocenters. The van der Waals surface area contributed by atoms with Crippen molar-refractivity contribution >= 4 is 22.6 Å². The Labute approximate surface area is 173 Å². The largest absolute Gasteiger partial charge is 0.338 e. The Morgan fingerprint density at radius 1 is 0.966 bits per heavy atom. The van der Waals surface area contributed by atoms with Gasteiger partial charge in [-0.3, -0.25) is 9.59 Å². The van der Waals surface area contributed by atoms with E-state index in [2.05, 4.69) is 18.7 Å². The number of fused-ring (bicyclic) bond motifs is 1. The van der Waals surface area contributed by atoms with E-state index in [0.717, 1.165) is 48.6 Å². The van der Waals surface area contributed by atoms with Crippen molar-refractivity contribution in [2.24, 2.45) is 5.92 Å². The van der Waals surface area contributed by atoms with E-state index in [0.29, 0.717) is 12.6 Å². The second-order valence-corrected chi connectivity index (χ2v) is 8.89. The van der Waals surface area contributed by atoms with Crippen LogP contribution >= 0.6 is 0 Å². The highest BCUT2D eigenvalue weighted by Gasteiger charge is 2.36. The fraction of sp³-hybridized carbons (Fsp3) is 0.520. The molecule has 1 aliphatic carbocycles. The third-order valence-corrected chi connectivity index (χ3v) is 6.61. The van der Waals surface area contributed by atoms with Crippen LogP contribution in [0.5, 0.6) is 0 Å². The minimum atomic E-state index is -0.0781. The molecule has 0 aromatic heterocycles. The highest BCUT2D eigenvalue weighted by Crippen LogP contribution is 2.29. The minimum absolute atomic E-state index is 0.0521. The van der Waals surface area contributed by atoms with Crippen LogP contribution in [0, 0.1) is 5.92 Å². The summed E-state index contributed by atoms with van der Waals surface area (Å²) in [6.07, 6.45) is 6.46. The molecule has 29 heavy (non-hydrogen) atoms. The second-order valence-electron chi connectivity index (χ2n) is 8.89. The maximum absolute atomic E-state index is 13.4. The van der Waals surface area contributed by atoms with Crippen LogP contribution in [0.3, 0.4) is 0 Å². The summed E-state index contributed by atoms with van der Waals surface area (Å²) in [5.74, 6) is 0.226. The van der Waals surface area contributed by atoms with Gasteiger partial charge in [-0.15, -0.1) is 0 Å². The number of piperidine rings is 1. The van der Waals surface area contributed by atoms with E-state index in [-0.39, 0.29) is 23.8 Å². The molecule has 0 radical (unpaired) electrons. The normalized spacial score (nSPS) is 20.4. The molecule has 2 aromatic carbocycles. The molecule has 2 fully saturated rings. The van der Waals surface area contributed by atoms with Gasteiger partial charge in [-0.1, -0.05) is 49.2 Å². The molecule has 1 heterocycles. The van der Waals surface area contributed by atoms with Crippen molar-refractivity contribution in [1.82, 2.24) is 9.80 Å². The SMILES string of the molecule is CC(C)N(C(=O)C1CCCN(C(=O)c2cccc3ccccc23)C1)C1CCCC1. The summed E-state index contributed by atoms with van der Waals surface area (Å²) < 4.78 is 0. The first-order chi connectivity index (χ1) is 14.1. The number of carbonyl (C=O) groups is 2. The number of rotatable bonds is 4. The van der Waals surface area contributed by atoms with Crippen LogP contribution in [0.15, 0.2) is 42.5 Å². The first-order valence-corrected chi connectivity index (χ1v) is 11.2. The minimum Gasteiger partial charge on any atom is -0.338 e.